The molecule has 0 unspecified atom stereocenters. The Hall–Kier alpha value is -2.24. The number of carbonyl (C=O) groups excluding carboxylic acids is 2. The summed E-state index contributed by atoms with van der Waals surface area (Å²) in [6, 6.07) is 4.41. The molecule has 0 aromatic heterocycles. The van der Waals surface area contributed by atoms with E-state index in [-0.39, 0.29) is 11.8 Å². The van der Waals surface area contributed by atoms with Gasteiger partial charge in [-0.2, -0.15) is 0 Å². The van der Waals surface area contributed by atoms with Crippen LogP contribution >= 0.6 is 0 Å². The minimum absolute atomic E-state index is 0.214. The summed E-state index contributed by atoms with van der Waals surface area (Å²) in [4.78, 5) is 23.9. The van der Waals surface area contributed by atoms with Crippen LogP contribution in [0.5, 0.6) is 11.5 Å². The van der Waals surface area contributed by atoms with Crippen molar-refractivity contribution in [1.29, 1.82) is 0 Å². The SMILES string of the molecule is CCCOc1ccc(C(=O)N[C@@H](C)C(=O)NCC)cc1OCC. The largest absolute Gasteiger partial charge is 0.490 e. The Bertz CT molecular complexity index is 531. The molecule has 0 saturated carbocycles. The van der Waals surface area contributed by atoms with E-state index >= 15 is 0 Å². The molecule has 0 aliphatic rings. The first-order valence-corrected chi connectivity index (χ1v) is 8.01. The van der Waals surface area contributed by atoms with Gasteiger partial charge in [-0.25, -0.2) is 0 Å². The zero-order valence-electron chi connectivity index (χ0n) is 14.3. The summed E-state index contributed by atoms with van der Waals surface area (Å²) in [5, 5.41) is 5.33. The highest BCUT2D eigenvalue weighted by atomic mass is 16.5. The number of amides is 2. The monoisotopic (exact) mass is 322 g/mol. The van der Waals surface area contributed by atoms with Crippen LogP contribution in [-0.4, -0.2) is 37.6 Å². The maximum Gasteiger partial charge on any atom is 0.252 e. The van der Waals surface area contributed by atoms with Crippen molar-refractivity contribution < 1.29 is 19.1 Å². The van der Waals surface area contributed by atoms with Gasteiger partial charge in [-0.3, -0.25) is 9.59 Å². The number of rotatable bonds is 9. The molecule has 0 spiro atoms. The predicted molar refractivity (Wildman–Crippen MR) is 89.0 cm³/mol. The molecule has 1 aromatic carbocycles. The molecule has 128 valence electrons. The standard InChI is InChI=1S/C17H26N2O4/c1-5-10-23-14-9-8-13(11-15(14)22-7-3)17(21)19-12(4)16(20)18-6-2/h8-9,11-12H,5-7,10H2,1-4H3,(H,18,20)(H,19,21)/t12-/m0/s1. The number of nitrogens with one attached hydrogen (secondary N) is 2. The molecule has 23 heavy (non-hydrogen) atoms. The van der Waals surface area contributed by atoms with Crippen molar-refractivity contribution in [2.75, 3.05) is 19.8 Å². The zero-order valence-corrected chi connectivity index (χ0v) is 14.3. The third kappa shape index (κ3) is 5.81. The minimum Gasteiger partial charge on any atom is -0.490 e. The Morgan fingerprint density at radius 3 is 2.48 bits per heavy atom. The van der Waals surface area contributed by atoms with E-state index in [0.717, 1.165) is 6.42 Å². The fourth-order valence-corrected chi connectivity index (χ4v) is 1.92. The molecular formula is C17H26N2O4. The van der Waals surface area contributed by atoms with Crippen LogP contribution in [0, 0.1) is 0 Å². The molecule has 0 aliphatic heterocycles. The molecule has 0 heterocycles. The van der Waals surface area contributed by atoms with Crippen LogP contribution < -0.4 is 20.1 Å². The molecule has 0 aliphatic carbocycles. The number of ether oxygens (including phenoxy) is 2. The Kier molecular flexibility index (Phi) is 7.94. The lowest BCUT2D eigenvalue weighted by molar-refractivity contribution is -0.122. The maximum atomic E-state index is 12.3. The second kappa shape index (κ2) is 9.71. The first-order chi connectivity index (χ1) is 11.0. The van der Waals surface area contributed by atoms with Crippen LogP contribution in [-0.2, 0) is 4.79 Å². The van der Waals surface area contributed by atoms with E-state index in [1.165, 1.54) is 0 Å². The molecule has 6 nitrogen and oxygen atoms in total. The first-order valence-electron chi connectivity index (χ1n) is 8.01. The van der Waals surface area contributed by atoms with Crippen LogP contribution in [0.3, 0.4) is 0 Å². The summed E-state index contributed by atoms with van der Waals surface area (Å²) < 4.78 is 11.1. The summed E-state index contributed by atoms with van der Waals surface area (Å²) in [6.45, 7) is 8.94. The Labute approximate surface area is 137 Å². The van der Waals surface area contributed by atoms with E-state index in [9.17, 15) is 9.59 Å². The van der Waals surface area contributed by atoms with E-state index in [2.05, 4.69) is 10.6 Å². The molecule has 0 bridgehead atoms. The van der Waals surface area contributed by atoms with Crippen molar-refractivity contribution in [2.24, 2.45) is 0 Å². The van der Waals surface area contributed by atoms with E-state index in [4.69, 9.17) is 9.47 Å². The fourth-order valence-electron chi connectivity index (χ4n) is 1.92. The number of carbonyl (C=O) groups is 2. The highest BCUT2D eigenvalue weighted by Gasteiger charge is 2.17. The van der Waals surface area contributed by atoms with Gasteiger partial charge in [0.05, 0.1) is 13.2 Å². The average molecular weight is 322 g/mol. The van der Waals surface area contributed by atoms with Gasteiger partial charge in [0.2, 0.25) is 5.91 Å². The predicted octanol–water partition coefficient (Wildman–Crippen LogP) is 2.13. The molecule has 1 aromatic rings. The Morgan fingerprint density at radius 1 is 1.13 bits per heavy atom. The lowest BCUT2D eigenvalue weighted by atomic mass is 10.1. The number of likely N-dealkylation sites (N-methyl/N-ethyl adjacent to an activating group) is 1. The molecule has 2 amide bonds. The van der Waals surface area contributed by atoms with Crippen molar-refractivity contribution in [2.45, 2.75) is 40.2 Å². The molecule has 1 atom stereocenters. The zero-order chi connectivity index (χ0) is 17.2. The van der Waals surface area contributed by atoms with Gasteiger partial charge in [0, 0.05) is 12.1 Å². The third-order valence-corrected chi connectivity index (χ3v) is 3.06. The lowest BCUT2D eigenvalue weighted by Crippen LogP contribution is -2.44. The summed E-state index contributed by atoms with van der Waals surface area (Å²) >= 11 is 0. The van der Waals surface area contributed by atoms with E-state index in [1.54, 1.807) is 25.1 Å². The van der Waals surface area contributed by atoms with Crippen molar-refractivity contribution in [3.05, 3.63) is 23.8 Å². The first kappa shape index (κ1) is 18.8. The van der Waals surface area contributed by atoms with Gasteiger partial charge in [-0.15, -0.1) is 0 Å². The molecule has 1 rings (SSSR count). The number of hydrogen-bond acceptors (Lipinski definition) is 4. The summed E-state index contributed by atoms with van der Waals surface area (Å²) in [6.07, 6.45) is 0.887. The van der Waals surface area contributed by atoms with Gasteiger partial charge >= 0.3 is 0 Å². The Balaban J connectivity index is 2.84. The summed E-state index contributed by atoms with van der Waals surface area (Å²) in [5.41, 5.74) is 0.424. The van der Waals surface area contributed by atoms with Gasteiger partial charge in [0.15, 0.2) is 11.5 Å². The van der Waals surface area contributed by atoms with Crippen molar-refractivity contribution in [3.63, 3.8) is 0 Å². The second-order valence-corrected chi connectivity index (χ2v) is 5.03. The topological polar surface area (TPSA) is 76.7 Å². The summed E-state index contributed by atoms with van der Waals surface area (Å²) in [7, 11) is 0. The van der Waals surface area contributed by atoms with Crippen molar-refractivity contribution >= 4 is 11.8 Å². The number of hydrogen-bond donors (Lipinski definition) is 2. The van der Waals surface area contributed by atoms with Gasteiger partial charge in [-0.1, -0.05) is 6.92 Å². The fraction of sp³-hybridized carbons (Fsp3) is 0.529. The summed E-state index contributed by atoms with van der Waals surface area (Å²) in [5.74, 6) is 0.599. The second-order valence-electron chi connectivity index (χ2n) is 5.03. The van der Waals surface area contributed by atoms with Crippen LogP contribution in [0.1, 0.15) is 44.5 Å². The normalized spacial score (nSPS) is 11.5. The van der Waals surface area contributed by atoms with Crippen LogP contribution in [0.25, 0.3) is 0 Å². The molecule has 0 radical (unpaired) electrons. The number of benzene rings is 1. The molecular weight excluding hydrogens is 296 g/mol. The van der Waals surface area contributed by atoms with Crippen molar-refractivity contribution in [3.8, 4) is 11.5 Å². The quantitative estimate of drug-likeness (QED) is 0.730. The minimum atomic E-state index is -0.603. The van der Waals surface area contributed by atoms with Crippen LogP contribution in [0.4, 0.5) is 0 Å². The van der Waals surface area contributed by atoms with E-state index in [0.29, 0.717) is 36.8 Å². The van der Waals surface area contributed by atoms with Crippen LogP contribution in [0.2, 0.25) is 0 Å². The van der Waals surface area contributed by atoms with Gasteiger partial charge in [-0.05, 0) is 45.4 Å². The highest BCUT2D eigenvalue weighted by Crippen LogP contribution is 2.28. The van der Waals surface area contributed by atoms with E-state index in [1.807, 2.05) is 20.8 Å². The maximum absolute atomic E-state index is 12.3. The van der Waals surface area contributed by atoms with Gasteiger partial charge in [0.25, 0.3) is 5.91 Å². The molecule has 6 heteroatoms. The Morgan fingerprint density at radius 2 is 1.87 bits per heavy atom. The molecule has 0 saturated heterocycles. The highest BCUT2D eigenvalue weighted by molar-refractivity contribution is 5.97. The molecule has 2 N–H and O–H groups in total. The average Bonchev–Trinajstić information content (AvgIpc) is 2.54. The van der Waals surface area contributed by atoms with Gasteiger partial charge < -0.3 is 20.1 Å². The third-order valence-electron chi connectivity index (χ3n) is 3.06. The molecule has 0 fully saturated rings. The van der Waals surface area contributed by atoms with Crippen molar-refractivity contribution in [1.82, 2.24) is 10.6 Å². The smallest absolute Gasteiger partial charge is 0.252 e. The van der Waals surface area contributed by atoms with Gasteiger partial charge in [0.1, 0.15) is 6.04 Å². The van der Waals surface area contributed by atoms with Crippen LogP contribution in [0.15, 0.2) is 18.2 Å². The lowest BCUT2D eigenvalue weighted by Gasteiger charge is -2.15. The van der Waals surface area contributed by atoms with E-state index < -0.39 is 6.04 Å².